The molecule has 1 amide bonds. The third-order valence-electron chi connectivity index (χ3n) is 10.2. The van der Waals surface area contributed by atoms with Crippen LogP contribution < -0.4 is 10.5 Å². The molecule has 6 rings (SSSR count). The zero-order valence-corrected chi connectivity index (χ0v) is 25.4. The number of amides is 1. The van der Waals surface area contributed by atoms with Gasteiger partial charge in [0.2, 0.25) is 11.7 Å². The van der Waals surface area contributed by atoms with Gasteiger partial charge in [0.15, 0.2) is 11.4 Å². The van der Waals surface area contributed by atoms with Crippen molar-refractivity contribution in [2.24, 2.45) is 23.5 Å². The zero-order valence-electron chi connectivity index (χ0n) is 25.4. The lowest BCUT2D eigenvalue weighted by molar-refractivity contribution is -0.198. The Labute approximate surface area is 260 Å². The van der Waals surface area contributed by atoms with E-state index >= 15 is 0 Å². The van der Waals surface area contributed by atoms with E-state index in [1.807, 2.05) is 18.2 Å². The standard InChI is InChI=1S/C33H39N3O9/c1-35(2)26-25-27(38)19-13-18-17(15-6-9-21(45-3)16(12-15)14-36-10-4-5-11-36)7-8-20(37)22(18)28(39)23(19)30(41)33(25,44)31(42)24(29(26)40)32(34)43/h6-9,12,19,24-27,29,37-40,44H,4-5,10-11,13-14H2,1-3H3,(H2,34,43)/t19-,24?,25-,26+,27+,29?,33+/m0/s1. The number of aliphatic hydroxyl groups is 4. The van der Waals surface area contributed by atoms with E-state index in [9.17, 15) is 39.9 Å². The van der Waals surface area contributed by atoms with Gasteiger partial charge in [0, 0.05) is 35.6 Å². The van der Waals surface area contributed by atoms with Gasteiger partial charge in [-0.25, -0.2) is 0 Å². The first-order chi connectivity index (χ1) is 21.3. The number of ketones is 2. The lowest BCUT2D eigenvalue weighted by atomic mass is 9.53. The van der Waals surface area contributed by atoms with Crippen LogP contribution in [-0.2, 0) is 27.3 Å². The van der Waals surface area contributed by atoms with Gasteiger partial charge in [-0.1, -0.05) is 12.1 Å². The molecular weight excluding hydrogens is 582 g/mol. The molecular formula is C33H39N3O9. The highest BCUT2D eigenvalue weighted by atomic mass is 16.5. The van der Waals surface area contributed by atoms with Crippen LogP contribution in [0, 0.1) is 17.8 Å². The maximum atomic E-state index is 14.1. The van der Waals surface area contributed by atoms with E-state index in [2.05, 4.69) is 4.90 Å². The predicted octanol–water partition coefficient (Wildman–Crippen LogP) is 0.371. The normalized spacial score (nSPS) is 31.5. The Bertz CT molecular complexity index is 1610. The number of phenolic OH excluding ortho intramolecular Hbond substituents is 1. The highest BCUT2D eigenvalue weighted by molar-refractivity contribution is 6.25. The van der Waals surface area contributed by atoms with Gasteiger partial charge >= 0.3 is 0 Å². The Morgan fingerprint density at radius 2 is 1.78 bits per heavy atom. The summed E-state index contributed by atoms with van der Waals surface area (Å²) in [5, 5.41) is 57.3. The van der Waals surface area contributed by atoms with Gasteiger partial charge < -0.3 is 40.9 Å². The van der Waals surface area contributed by atoms with Crippen molar-refractivity contribution in [3.63, 3.8) is 0 Å². The Hall–Kier alpha value is -3.81. The number of hydrogen-bond donors (Lipinski definition) is 6. The molecule has 2 unspecified atom stereocenters. The molecule has 0 spiro atoms. The van der Waals surface area contributed by atoms with Crippen molar-refractivity contribution in [3.05, 3.63) is 52.6 Å². The summed E-state index contributed by atoms with van der Waals surface area (Å²) in [6.45, 7) is 2.64. The van der Waals surface area contributed by atoms with Gasteiger partial charge in [0.25, 0.3) is 0 Å². The van der Waals surface area contributed by atoms with Crippen molar-refractivity contribution in [2.45, 2.75) is 49.7 Å². The minimum atomic E-state index is -2.96. The minimum Gasteiger partial charge on any atom is -0.507 e. The van der Waals surface area contributed by atoms with Crippen LogP contribution in [0.4, 0.5) is 0 Å². The summed E-state index contributed by atoms with van der Waals surface area (Å²) in [6, 6.07) is 7.59. The van der Waals surface area contributed by atoms with Crippen molar-refractivity contribution < 1.29 is 44.7 Å². The molecule has 12 heteroatoms. The van der Waals surface area contributed by atoms with Crippen molar-refractivity contribution in [1.29, 1.82) is 0 Å². The number of phenols is 1. The number of aliphatic hydroxyl groups excluding tert-OH is 3. The molecule has 7 atom stereocenters. The molecule has 0 aromatic heterocycles. The van der Waals surface area contributed by atoms with Crippen LogP contribution in [0.15, 0.2) is 35.9 Å². The molecule has 2 saturated carbocycles. The predicted molar refractivity (Wildman–Crippen MR) is 162 cm³/mol. The molecule has 0 bridgehead atoms. The number of primary amides is 1. The topological polar surface area (TPSA) is 194 Å². The van der Waals surface area contributed by atoms with Crippen LogP contribution in [0.5, 0.6) is 11.5 Å². The summed E-state index contributed by atoms with van der Waals surface area (Å²) in [6.07, 6.45) is -1.11. The maximum Gasteiger partial charge on any atom is 0.230 e. The summed E-state index contributed by atoms with van der Waals surface area (Å²) in [4.78, 5) is 43.7. The Balaban J connectivity index is 1.50. The number of fused-ring (bicyclic) bond motifs is 3. The number of rotatable bonds is 6. The maximum absolute atomic E-state index is 14.1. The highest BCUT2D eigenvalue weighted by Crippen LogP contribution is 2.53. The van der Waals surface area contributed by atoms with Crippen LogP contribution in [0.3, 0.4) is 0 Å². The number of likely N-dealkylation sites (tertiary alicyclic amines) is 1. The Morgan fingerprint density at radius 3 is 2.40 bits per heavy atom. The number of nitrogens with two attached hydrogens (primary N) is 1. The first kappa shape index (κ1) is 31.2. The largest absolute Gasteiger partial charge is 0.507 e. The van der Waals surface area contributed by atoms with Gasteiger partial charge in [-0.15, -0.1) is 0 Å². The molecule has 4 aliphatic rings. The van der Waals surface area contributed by atoms with E-state index in [0.29, 0.717) is 17.7 Å². The summed E-state index contributed by atoms with van der Waals surface area (Å²) in [5.74, 6) is -8.60. The molecule has 3 fully saturated rings. The van der Waals surface area contributed by atoms with Crippen LogP contribution >= 0.6 is 0 Å². The first-order valence-electron chi connectivity index (χ1n) is 15.1. The number of carbonyl (C=O) groups is 3. The molecule has 12 nitrogen and oxygen atoms in total. The molecule has 2 aromatic carbocycles. The van der Waals surface area contributed by atoms with Crippen LogP contribution in [0.1, 0.15) is 29.5 Å². The molecule has 7 N–H and O–H groups in total. The van der Waals surface area contributed by atoms with Crippen molar-refractivity contribution >= 4 is 23.2 Å². The molecule has 2 aromatic rings. The van der Waals surface area contributed by atoms with Crippen LogP contribution in [0.25, 0.3) is 16.9 Å². The highest BCUT2D eigenvalue weighted by Gasteiger charge is 2.70. The van der Waals surface area contributed by atoms with E-state index in [1.165, 1.54) is 25.1 Å². The van der Waals surface area contributed by atoms with Crippen molar-refractivity contribution in [3.8, 4) is 22.6 Å². The zero-order chi connectivity index (χ0) is 32.5. The van der Waals surface area contributed by atoms with Gasteiger partial charge in [-0.2, -0.15) is 0 Å². The second-order valence-electron chi connectivity index (χ2n) is 12.9. The summed E-state index contributed by atoms with van der Waals surface area (Å²) < 4.78 is 5.63. The van der Waals surface area contributed by atoms with E-state index in [0.717, 1.165) is 42.8 Å². The van der Waals surface area contributed by atoms with Gasteiger partial charge in [0.1, 0.15) is 23.2 Å². The van der Waals surface area contributed by atoms with E-state index in [-0.39, 0.29) is 17.7 Å². The third-order valence-corrected chi connectivity index (χ3v) is 10.2. The van der Waals surface area contributed by atoms with E-state index < -0.39 is 70.4 Å². The first-order valence-corrected chi connectivity index (χ1v) is 15.1. The number of carbonyl (C=O) groups excluding carboxylic acids is 3. The third kappa shape index (κ3) is 4.58. The quantitative estimate of drug-likeness (QED) is 0.244. The molecule has 1 saturated heterocycles. The van der Waals surface area contributed by atoms with Crippen molar-refractivity contribution in [2.75, 3.05) is 34.3 Å². The van der Waals surface area contributed by atoms with Crippen LogP contribution in [-0.4, -0.2) is 111 Å². The van der Waals surface area contributed by atoms with Gasteiger partial charge in [-0.3, -0.25) is 19.3 Å². The number of methoxy groups -OCH3 is 1. The smallest absolute Gasteiger partial charge is 0.230 e. The number of Topliss-reactive ketones (excluding diaryl/α,β-unsaturated/α-hetero) is 2. The average molecular weight is 622 g/mol. The fraction of sp³-hybridized carbons (Fsp3) is 0.485. The number of ether oxygens (including phenoxy) is 1. The summed E-state index contributed by atoms with van der Waals surface area (Å²) >= 11 is 0. The number of aromatic hydroxyl groups is 1. The molecule has 1 aliphatic heterocycles. The molecule has 1 heterocycles. The van der Waals surface area contributed by atoms with Crippen molar-refractivity contribution in [1.82, 2.24) is 9.80 Å². The lowest BCUT2D eigenvalue weighted by Crippen LogP contribution is -2.76. The molecule has 240 valence electrons. The summed E-state index contributed by atoms with van der Waals surface area (Å²) in [7, 11) is 4.66. The Morgan fingerprint density at radius 1 is 1.09 bits per heavy atom. The average Bonchev–Trinajstić information content (AvgIpc) is 3.50. The number of benzene rings is 2. The molecule has 3 aliphatic carbocycles. The fourth-order valence-electron chi connectivity index (χ4n) is 8.14. The van der Waals surface area contributed by atoms with Gasteiger partial charge in [-0.05, 0) is 81.3 Å². The number of hydrogen-bond acceptors (Lipinski definition) is 11. The fourth-order valence-corrected chi connectivity index (χ4v) is 8.14. The van der Waals surface area contributed by atoms with E-state index in [1.54, 1.807) is 13.2 Å². The van der Waals surface area contributed by atoms with E-state index in [4.69, 9.17) is 10.5 Å². The Kier molecular flexibility index (Phi) is 7.77. The number of nitrogens with zero attached hydrogens (tertiary/aromatic N) is 2. The van der Waals surface area contributed by atoms with Crippen LogP contribution in [0.2, 0.25) is 0 Å². The number of likely N-dealkylation sites (N-methyl/N-ethyl adjacent to an activating group) is 1. The molecule has 0 radical (unpaired) electrons. The molecule has 45 heavy (non-hydrogen) atoms. The monoisotopic (exact) mass is 621 g/mol. The minimum absolute atomic E-state index is 0.0326. The van der Waals surface area contributed by atoms with Gasteiger partial charge in [0.05, 0.1) is 24.9 Å². The summed E-state index contributed by atoms with van der Waals surface area (Å²) in [5.41, 5.74) is 4.85. The second-order valence-corrected chi connectivity index (χ2v) is 12.9. The lowest BCUT2D eigenvalue weighted by Gasteiger charge is -2.55. The SMILES string of the molecule is COc1ccc(-c2ccc(O)c3c2C[C@H]2C(=C3O)C(=O)[C@@]3(O)C(=O)C(C(N)=O)C(O)[C@H](N(C)C)[C@H]3[C@@H]2O)cc1CN1CCCC1. The second kappa shape index (κ2) is 11.2.